The summed E-state index contributed by atoms with van der Waals surface area (Å²) in [6.45, 7) is 7.42. The molecule has 13 heavy (non-hydrogen) atoms. The lowest BCUT2D eigenvalue weighted by molar-refractivity contribution is 0.486. The first kappa shape index (κ1) is 10.3. The minimum Gasteiger partial charge on any atom is -0.333 e. The van der Waals surface area contributed by atoms with Gasteiger partial charge in [-0.05, 0) is 19.3 Å². The highest BCUT2D eigenvalue weighted by atomic mass is 15.1. The van der Waals surface area contributed by atoms with Gasteiger partial charge in [-0.25, -0.2) is 4.98 Å². The van der Waals surface area contributed by atoms with Crippen molar-refractivity contribution in [3.63, 3.8) is 0 Å². The minimum atomic E-state index is 0.127. The van der Waals surface area contributed by atoms with Crippen LogP contribution in [0, 0.1) is 5.92 Å². The van der Waals surface area contributed by atoms with Gasteiger partial charge in [0.25, 0.3) is 0 Å². The molecule has 3 nitrogen and oxygen atoms in total. The lowest BCUT2D eigenvalue weighted by Gasteiger charge is -2.15. The maximum atomic E-state index is 6.06. The summed E-state index contributed by atoms with van der Waals surface area (Å²) >= 11 is 0. The smallest absolute Gasteiger partial charge is 0.0948 e. The van der Waals surface area contributed by atoms with Gasteiger partial charge in [0, 0.05) is 18.8 Å². The van der Waals surface area contributed by atoms with Gasteiger partial charge in [0.05, 0.1) is 12.0 Å². The molecule has 0 aliphatic rings. The molecule has 1 aromatic heterocycles. The minimum absolute atomic E-state index is 0.127. The van der Waals surface area contributed by atoms with Gasteiger partial charge in [0.2, 0.25) is 0 Å². The van der Waals surface area contributed by atoms with Gasteiger partial charge < -0.3 is 10.3 Å². The Hall–Kier alpha value is -0.830. The molecular formula is C10H19N3. The van der Waals surface area contributed by atoms with E-state index in [1.165, 1.54) is 0 Å². The van der Waals surface area contributed by atoms with Gasteiger partial charge >= 0.3 is 0 Å². The number of aryl methyl sites for hydroxylation is 1. The van der Waals surface area contributed by atoms with E-state index in [9.17, 15) is 0 Å². The Bertz CT molecular complexity index is 252. The Morgan fingerprint density at radius 1 is 1.54 bits per heavy atom. The van der Waals surface area contributed by atoms with Crippen LogP contribution in [0.25, 0.3) is 0 Å². The van der Waals surface area contributed by atoms with E-state index in [0.29, 0.717) is 5.92 Å². The molecule has 2 N–H and O–H groups in total. The van der Waals surface area contributed by atoms with E-state index in [1.807, 2.05) is 12.5 Å². The van der Waals surface area contributed by atoms with Crippen molar-refractivity contribution < 1.29 is 0 Å². The van der Waals surface area contributed by atoms with Crippen LogP contribution in [-0.2, 0) is 6.54 Å². The van der Waals surface area contributed by atoms with Crippen LogP contribution in [0.3, 0.4) is 0 Å². The summed E-state index contributed by atoms with van der Waals surface area (Å²) in [5, 5.41) is 0. The average Bonchev–Trinajstić information content (AvgIpc) is 2.49. The molecule has 74 valence electrons. The Kier molecular flexibility index (Phi) is 3.48. The number of hydrogen-bond acceptors (Lipinski definition) is 2. The van der Waals surface area contributed by atoms with E-state index >= 15 is 0 Å². The topological polar surface area (TPSA) is 43.8 Å². The van der Waals surface area contributed by atoms with Gasteiger partial charge in [0.15, 0.2) is 0 Å². The molecule has 1 atom stereocenters. The quantitative estimate of drug-likeness (QED) is 0.771. The van der Waals surface area contributed by atoms with Crippen LogP contribution >= 0.6 is 0 Å². The van der Waals surface area contributed by atoms with Crippen molar-refractivity contribution in [1.82, 2.24) is 9.55 Å². The van der Waals surface area contributed by atoms with Crippen molar-refractivity contribution in [2.75, 3.05) is 0 Å². The number of hydrogen-bond donors (Lipinski definition) is 1. The van der Waals surface area contributed by atoms with Crippen molar-refractivity contribution in [1.29, 1.82) is 0 Å². The molecule has 1 rings (SSSR count). The van der Waals surface area contributed by atoms with Crippen molar-refractivity contribution in [2.24, 2.45) is 11.7 Å². The number of aromatic nitrogens is 2. The normalized spacial score (nSPS) is 13.6. The van der Waals surface area contributed by atoms with Crippen LogP contribution in [0.5, 0.6) is 0 Å². The lowest BCUT2D eigenvalue weighted by Crippen LogP contribution is -2.16. The Balaban J connectivity index is 2.69. The summed E-state index contributed by atoms with van der Waals surface area (Å²) in [5.74, 6) is 0.634. The van der Waals surface area contributed by atoms with E-state index in [4.69, 9.17) is 5.73 Å². The number of nitrogens with zero attached hydrogens (tertiary/aromatic N) is 2. The largest absolute Gasteiger partial charge is 0.333 e. The average molecular weight is 181 g/mol. The molecule has 0 bridgehead atoms. The second-order valence-electron chi connectivity index (χ2n) is 3.84. The fourth-order valence-corrected chi connectivity index (χ4v) is 1.53. The summed E-state index contributed by atoms with van der Waals surface area (Å²) in [4.78, 5) is 4.10. The van der Waals surface area contributed by atoms with Crippen LogP contribution in [0.15, 0.2) is 12.5 Å². The molecule has 1 aromatic rings. The predicted octanol–water partition coefficient (Wildman–Crippen LogP) is 1.95. The third kappa shape index (κ3) is 2.56. The number of rotatable bonds is 4. The molecule has 0 saturated carbocycles. The molecule has 0 spiro atoms. The van der Waals surface area contributed by atoms with Crippen LogP contribution in [0.4, 0.5) is 0 Å². The molecule has 3 heteroatoms. The summed E-state index contributed by atoms with van der Waals surface area (Å²) < 4.78 is 2.10. The fourth-order valence-electron chi connectivity index (χ4n) is 1.53. The molecular weight excluding hydrogens is 162 g/mol. The summed E-state index contributed by atoms with van der Waals surface area (Å²) in [7, 11) is 0. The third-order valence-electron chi connectivity index (χ3n) is 2.19. The van der Waals surface area contributed by atoms with E-state index in [-0.39, 0.29) is 6.04 Å². The Morgan fingerprint density at radius 3 is 2.77 bits per heavy atom. The fraction of sp³-hybridized carbons (Fsp3) is 0.700. The van der Waals surface area contributed by atoms with Crippen molar-refractivity contribution >= 4 is 0 Å². The summed E-state index contributed by atoms with van der Waals surface area (Å²) in [5.41, 5.74) is 7.21. The van der Waals surface area contributed by atoms with Crippen LogP contribution in [0.1, 0.15) is 38.9 Å². The number of imidazole rings is 1. The number of nitrogens with two attached hydrogens (primary N) is 1. The first-order chi connectivity index (χ1) is 6.15. The first-order valence-corrected chi connectivity index (χ1v) is 4.90. The Morgan fingerprint density at radius 2 is 2.23 bits per heavy atom. The lowest BCUT2D eigenvalue weighted by atomic mass is 10.0. The van der Waals surface area contributed by atoms with E-state index < -0.39 is 0 Å². The molecule has 0 aliphatic carbocycles. The zero-order valence-electron chi connectivity index (χ0n) is 8.70. The zero-order valence-corrected chi connectivity index (χ0v) is 8.70. The van der Waals surface area contributed by atoms with E-state index in [1.54, 1.807) is 0 Å². The molecule has 0 aromatic carbocycles. The maximum Gasteiger partial charge on any atom is 0.0948 e. The monoisotopic (exact) mass is 181 g/mol. The highest BCUT2D eigenvalue weighted by Gasteiger charge is 2.11. The highest BCUT2D eigenvalue weighted by Crippen LogP contribution is 2.17. The van der Waals surface area contributed by atoms with Crippen molar-refractivity contribution in [3.8, 4) is 0 Å². The molecule has 0 aliphatic heterocycles. The van der Waals surface area contributed by atoms with Gasteiger partial charge in [0.1, 0.15) is 0 Å². The standard InChI is InChI=1S/C10H19N3/c1-4-13-7-12-6-10(13)9(11)5-8(2)3/h6-9H,4-5,11H2,1-3H3. The maximum absolute atomic E-state index is 6.06. The van der Waals surface area contributed by atoms with Crippen LogP contribution in [-0.4, -0.2) is 9.55 Å². The molecule has 1 unspecified atom stereocenters. The molecule has 0 radical (unpaired) electrons. The molecule has 0 amide bonds. The first-order valence-electron chi connectivity index (χ1n) is 4.90. The SMILES string of the molecule is CCn1cncc1C(N)CC(C)C. The van der Waals surface area contributed by atoms with E-state index in [0.717, 1.165) is 18.7 Å². The summed E-state index contributed by atoms with van der Waals surface area (Å²) in [6.07, 6.45) is 4.73. The molecule has 0 saturated heterocycles. The second kappa shape index (κ2) is 4.42. The van der Waals surface area contributed by atoms with Gasteiger partial charge in [-0.3, -0.25) is 0 Å². The van der Waals surface area contributed by atoms with Crippen molar-refractivity contribution in [3.05, 3.63) is 18.2 Å². The second-order valence-corrected chi connectivity index (χ2v) is 3.84. The van der Waals surface area contributed by atoms with Gasteiger partial charge in [-0.15, -0.1) is 0 Å². The van der Waals surface area contributed by atoms with E-state index in [2.05, 4.69) is 30.3 Å². The van der Waals surface area contributed by atoms with Crippen molar-refractivity contribution in [2.45, 2.75) is 39.8 Å². The van der Waals surface area contributed by atoms with Gasteiger partial charge in [-0.1, -0.05) is 13.8 Å². The predicted molar refractivity (Wildman–Crippen MR) is 54.3 cm³/mol. The van der Waals surface area contributed by atoms with Crippen LogP contribution < -0.4 is 5.73 Å². The molecule has 0 fully saturated rings. The van der Waals surface area contributed by atoms with Crippen LogP contribution in [0.2, 0.25) is 0 Å². The third-order valence-corrected chi connectivity index (χ3v) is 2.19. The molecule has 1 heterocycles. The Labute approximate surface area is 80.0 Å². The highest BCUT2D eigenvalue weighted by molar-refractivity contribution is 5.04. The summed E-state index contributed by atoms with van der Waals surface area (Å²) in [6, 6.07) is 0.127. The van der Waals surface area contributed by atoms with Gasteiger partial charge in [-0.2, -0.15) is 0 Å². The zero-order chi connectivity index (χ0) is 9.84.